The minimum absolute atomic E-state index is 0.276. The van der Waals surface area contributed by atoms with Crippen molar-refractivity contribution in [1.82, 2.24) is 4.57 Å². The summed E-state index contributed by atoms with van der Waals surface area (Å²) in [5, 5.41) is 0.996. The van der Waals surface area contributed by atoms with Crippen molar-refractivity contribution in [3.8, 4) is 5.75 Å². The number of esters is 1. The molecule has 0 N–H and O–H groups in total. The first kappa shape index (κ1) is 12.7. The lowest BCUT2D eigenvalue weighted by atomic mass is 10.1. The van der Waals surface area contributed by atoms with Gasteiger partial charge in [-0.3, -0.25) is 4.79 Å². The number of rotatable bonds is 4. The Kier molecular flexibility index (Phi) is 3.70. The highest BCUT2D eigenvalue weighted by molar-refractivity contribution is 5.89. The van der Waals surface area contributed by atoms with Gasteiger partial charge in [-0.2, -0.15) is 0 Å². The normalized spacial score (nSPS) is 12.6. The molecule has 3 heteroatoms. The minimum atomic E-state index is -0.276. The van der Waals surface area contributed by atoms with Crippen LogP contribution in [0.1, 0.15) is 27.2 Å². The lowest BCUT2D eigenvalue weighted by molar-refractivity contribution is -0.131. The van der Waals surface area contributed by atoms with Crippen LogP contribution in [0, 0.1) is 5.92 Å². The van der Waals surface area contributed by atoms with Gasteiger partial charge in [0.15, 0.2) is 5.75 Å². The molecular formula is C15H19NO2. The average molecular weight is 245 g/mol. The van der Waals surface area contributed by atoms with Crippen LogP contribution in [0.5, 0.6) is 5.75 Å². The van der Waals surface area contributed by atoms with Crippen LogP contribution in [-0.2, 0) is 11.3 Å². The Labute approximate surface area is 107 Å². The van der Waals surface area contributed by atoms with E-state index in [0.29, 0.717) is 11.7 Å². The van der Waals surface area contributed by atoms with Crippen molar-refractivity contribution in [3.05, 3.63) is 30.5 Å². The van der Waals surface area contributed by atoms with Gasteiger partial charge in [-0.1, -0.05) is 32.4 Å². The zero-order chi connectivity index (χ0) is 13.1. The monoisotopic (exact) mass is 245 g/mol. The molecule has 0 bridgehead atoms. The van der Waals surface area contributed by atoms with Crippen LogP contribution in [0.3, 0.4) is 0 Å². The van der Waals surface area contributed by atoms with Crippen LogP contribution in [0.2, 0.25) is 0 Å². The number of benzene rings is 1. The first-order valence-corrected chi connectivity index (χ1v) is 6.38. The molecule has 0 aliphatic carbocycles. The fourth-order valence-electron chi connectivity index (χ4n) is 2.07. The highest BCUT2D eigenvalue weighted by atomic mass is 16.5. The number of carbonyl (C=O) groups is 1. The maximum atomic E-state index is 11.1. The summed E-state index contributed by atoms with van der Waals surface area (Å²) < 4.78 is 7.43. The number of carbonyl (C=O) groups excluding carboxylic acids is 1. The third-order valence-corrected chi connectivity index (χ3v) is 3.21. The molecule has 0 radical (unpaired) electrons. The molecule has 0 saturated carbocycles. The molecule has 2 rings (SSSR count). The maximum absolute atomic E-state index is 11.1. The Bertz CT molecular complexity index is 557. The summed E-state index contributed by atoms with van der Waals surface area (Å²) in [6, 6.07) is 8.02. The summed E-state index contributed by atoms with van der Waals surface area (Å²) in [7, 11) is 0. The van der Waals surface area contributed by atoms with Crippen LogP contribution < -0.4 is 4.74 Å². The molecule has 1 heterocycles. The lowest BCUT2D eigenvalue weighted by Gasteiger charge is -2.10. The van der Waals surface area contributed by atoms with Gasteiger partial charge in [-0.25, -0.2) is 0 Å². The fourth-order valence-corrected chi connectivity index (χ4v) is 2.07. The maximum Gasteiger partial charge on any atom is 0.308 e. The molecular weight excluding hydrogens is 226 g/mol. The number of fused-ring (bicyclic) bond motifs is 1. The van der Waals surface area contributed by atoms with Crippen molar-refractivity contribution in [2.75, 3.05) is 0 Å². The van der Waals surface area contributed by atoms with Gasteiger partial charge in [-0.05, 0) is 18.1 Å². The minimum Gasteiger partial charge on any atom is -0.424 e. The quantitative estimate of drug-likeness (QED) is 0.770. The van der Waals surface area contributed by atoms with E-state index in [1.165, 1.54) is 6.92 Å². The van der Waals surface area contributed by atoms with Crippen LogP contribution in [0.15, 0.2) is 30.5 Å². The van der Waals surface area contributed by atoms with Gasteiger partial charge in [0.2, 0.25) is 0 Å². The van der Waals surface area contributed by atoms with E-state index >= 15 is 0 Å². The van der Waals surface area contributed by atoms with Gasteiger partial charge >= 0.3 is 5.97 Å². The molecule has 0 aliphatic rings. The standard InChI is InChI=1S/C15H19NO2/c1-4-11(2)9-16-10-15(18-12(3)17)13-7-5-6-8-14(13)16/h5-8,10-11H,4,9H2,1-3H3. The van der Waals surface area contributed by atoms with Gasteiger partial charge < -0.3 is 9.30 Å². The highest BCUT2D eigenvalue weighted by Gasteiger charge is 2.12. The topological polar surface area (TPSA) is 31.2 Å². The van der Waals surface area contributed by atoms with Crippen molar-refractivity contribution in [3.63, 3.8) is 0 Å². The predicted octanol–water partition coefficient (Wildman–Crippen LogP) is 3.61. The number of aromatic nitrogens is 1. The first-order chi connectivity index (χ1) is 8.61. The largest absolute Gasteiger partial charge is 0.424 e. The number of nitrogens with zero attached hydrogens (tertiary/aromatic N) is 1. The Morgan fingerprint density at radius 1 is 1.39 bits per heavy atom. The average Bonchev–Trinajstić information content (AvgIpc) is 2.67. The molecule has 0 fully saturated rings. The summed E-state index contributed by atoms with van der Waals surface area (Å²) in [5.74, 6) is 0.980. The highest BCUT2D eigenvalue weighted by Crippen LogP contribution is 2.29. The van der Waals surface area contributed by atoms with Crippen LogP contribution in [-0.4, -0.2) is 10.5 Å². The van der Waals surface area contributed by atoms with E-state index in [-0.39, 0.29) is 5.97 Å². The van der Waals surface area contributed by atoms with Gasteiger partial charge in [0.05, 0.1) is 5.52 Å². The fraction of sp³-hybridized carbons (Fsp3) is 0.400. The molecule has 0 spiro atoms. The molecule has 96 valence electrons. The Balaban J connectivity index is 2.43. The van der Waals surface area contributed by atoms with E-state index in [1.54, 1.807) is 0 Å². The smallest absolute Gasteiger partial charge is 0.308 e. The summed E-state index contributed by atoms with van der Waals surface area (Å²) in [6.07, 6.45) is 3.06. The molecule has 1 aromatic heterocycles. The summed E-state index contributed by atoms with van der Waals surface area (Å²) in [4.78, 5) is 11.1. The second-order valence-corrected chi connectivity index (χ2v) is 4.77. The Morgan fingerprint density at radius 2 is 2.11 bits per heavy atom. The predicted molar refractivity (Wildman–Crippen MR) is 72.7 cm³/mol. The summed E-state index contributed by atoms with van der Waals surface area (Å²) >= 11 is 0. The number of hydrogen-bond donors (Lipinski definition) is 0. The molecule has 0 saturated heterocycles. The summed E-state index contributed by atoms with van der Waals surface area (Å²) in [6.45, 7) is 6.78. The number of hydrogen-bond acceptors (Lipinski definition) is 2. The molecule has 0 amide bonds. The van der Waals surface area contributed by atoms with Gasteiger partial charge in [0.25, 0.3) is 0 Å². The lowest BCUT2D eigenvalue weighted by Crippen LogP contribution is -2.05. The van der Waals surface area contributed by atoms with E-state index in [2.05, 4.69) is 24.5 Å². The van der Waals surface area contributed by atoms with Gasteiger partial charge in [0, 0.05) is 25.1 Å². The molecule has 1 unspecified atom stereocenters. The number of ether oxygens (including phenoxy) is 1. The van der Waals surface area contributed by atoms with Crippen LogP contribution in [0.4, 0.5) is 0 Å². The van der Waals surface area contributed by atoms with E-state index in [1.807, 2.05) is 24.4 Å². The third kappa shape index (κ3) is 2.55. The van der Waals surface area contributed by atoms with E-state index in [4.69, 9.17) is 4.74 Å². The van der Waals surface area contributed by atoms with Crippen molar-refractivity contribution < 1.29 is 9.53 Å². The van der Waals surface area contributed by atoms with Gasteiger partial charge in [0.1, 0.15) is 0 Å². The SMILES string of the molecule is CCC(C)Cn1cc(OC(C)=O)c2ccccc21. The molecule has 1 aromatic carbocycles. The second-order valence-electron chi connectivity index (χ2n) is 4.77. The van der Waals surface area contributed by atoms with E-state index < -0.39 is 0 Å². The number of para-hydroxylation sites is 1. The Hall–Kier alpha value is -1.77. The van der Waals surface area contributed by atoms with Crippen LogP contribution in [0.25, 0.3) is 10.9 Å². The van der Waals surface area contributed by atoms with Crippen LogP contribution >= 0.6 is 0 Å². The molecule has 1 atom stereocenters. The Morgan fingerprint density at radius 3 is 2.78 bits per heavy atom. The van der Waals surface area contributed by atoms with Crippen molar-refractivity contribution in [1.29, 1.82) is 0 Å². The zero-order valence-electron chi connectivity index (χ0n) is 11.1. The van der Waals surface area contributed by atoms with E-state index in [0.717, 1.165) is 23.9 Å². The van der Waals surface area contributed by atoms with Crippen molar-refractivity contribution in [2.24, 2.45) is 5.92 Å². The molecule has 3 nitrogen and oxygen atoms in total. The summed E-state index contributed by atoms with van der Waals surface area (Å²) in [5.41, 5.74) is 1.12. The zero-order valence-corrected chi connectivity index (χ0v) is 11.1. The van der Waals surface area contributed by atoms with Crippen molar-refractivity contribution in [2.45, 2.75) is 33.7 Å². The van der Waals surface area contributed by atoms with Crippen molar-refractivity contribution >= 4 is 16.9 Å². The first-order valence-electron chi connectivity index (χ1n) is 6.38. The molecule has 0 aliphatic heterocycles. The third-order valence-electron chi connectivity index (χ3n) is 3.21. The molecule has 2 aromatic rings. The molecule has 18 heavy (non-hydrogen) atoms. The van der Waals surface area contributed by atoms with E-state index in [9.17, 15) is 4.79 Å². The van der Waals surface area contributed by atoms with Gasteiger partial charge in [-0.15, -0.1) is 0 Å². The second kappa shape index (κ2) is 5.25.